The summed E-state index contributed by atoms with van der Waals surface area (Å²) in [7, 11) is 5.83. The molecule has 0 aliphatic heterocycles. The Bertz CT molecular complexity index is 964. The molecule has 0 aromatic heterocycles. The van der Waals surface area contributed by atoms with Crippen LogP contribution in [0.3, 0.4) is 0 Å². The monoisotopic (exact) mass is 435 g/mol. The molecule has 0 heterocycles. The van der Waals surface area contributed by atoms with E-state index in [-0.39, 0.29) is 16.5 Å². The van der Waals surface area contributed by atoms with Crippen LogP contribution in [0.1, 0.15) is 6.92 Å². The van der Waals surface area contributed by atoms with Crippen LogP contribution in [0.15, 0.2) is 40.6 Å². The topological polar surface area (TPSA) is 108 Å². The van der Waals surface area contributed by atoms with E-state index in [1.807, 2.05) is 0 Å². The van der Waals surface area contributed by atoms with E-state index in [0.29, 0.717) is 22.9 Å². The number of azo groups is 1. The Labute approximate surface area is 178 Å². The normalized spacial score (nSPS) is 11.7. The third kappa shape index (κ3) is 5.38. The number of ether oxygens (including phenoxy) is 4. The minimum Gasteiger partial charge on any atom is -0.497 e. The molecule has 1 atom stereocenters. The second-order valence-electron chi connectivity index (χ2n) is 5.95. The van der Waals surface area contributed by atoms with E-state index in [0.717, 1.165) is 0 Å². The van der Waals surface area contributed by atoms with Crippen molar-refractivity contribution in [1.29, 1.82) is 0 Å². The molecule has 2 aromatic carbocycles. The molecule has 30 heavy (non-hydrogen) atoms. The van der Waals surface area contributed by atoms with Gasteiger partial charge in [-0.3, -0.25) is 9.59 Å². The van der Waals surface area contributed by atoms with Crippen molar-refractivity contribution in [1.82, 2.24) is 0 Å². The zero-order chi connectivity index (χ0) is 22.3. The highest BCUT2D eigenvalue weighted by atomic mass is 35.5. The van der Waals surface area contributed by atoms with Gasteiger partial charge in [-0.15, -0.1) is 0 Å². The number of halogens is 1. The summed E-state index contributed by atoms with van der Waals surface area (Å²) in [5.41, 5.74) is 0.533. The lowest BCUT2D eigenvalue weighted by atomic mass is 10.2. The largest absolute Gasteiger partial charge is 0.497 e. The van der Waals surface area contributed by atoms with Crippen LogP contribution in [0.5, 0.6) is 23.0 Å². The zero-order valence-electron chi connectivity index (χ0n) is 17.2. The SMILES string of the molecule is COc1ccc(OC)c(N=NC(C(C)=O)C(=O)Nc2cc(OC)cc(Cl)c2OC)c1. The third-order valence-electron chi connectivity index (χ3n) is 4.02. The average Bonchev–Trinajstić information content (AvgIpc) is 2.73. The molecule has 2 rings (SSSR count). The summed E-state index contributed by atoms with van der Waals surface area (Å²) >= 11 is 6.15. The number of Topliss-reactive ketones (excluding diaryl/α,β-unsaturated/α-hetero) is 1. The molecular weight excluding hydrogens is 414 g/mol. The van der Waals surface area contributed by atoms with Gasteiger partial charge < -0.3 is 24.3 Å². The molecule has 0 fully saturated rings. The lowest BCUT2D eigenvalue weighted by Crippen LogP contribution is -2.32. The van der Waals surface area contributed by atoms with Crippen LogP contribution in [0.25, 0.3) is 0 Å². The Morgan fingerprint density at radius 1 is 0.967 bits per heavy atom. The summed E-state index contributed by atoms with van der Waals surface area (Å²) in [6, 6.07) is 6.54. The van der Waals surface area contributed by atoms with Gasteiger partial charge in [-0.25, -0.2) is 0 Å². The lowest BCUT2D eigenvalue weighted by Gasteiger charge is -2.15. The molecule has 10 heteroatoms. The van der Waals surface area contributed by atoms with Crippen molar-refractivity contribution < 1.29 is 28.5 Å². The summed E-state index contributed by atoms with van der Waals surface area (Å²) in [6.07, 6.45) is 0. The van der Waals surface area contributed by atoms with Crippen molar-refractivity contribution in [2.75, 3.05) is 33.8 Å². The molecule has 0 radical (unpaired) electrons. The quantitative estimate of drug-likeness (QED) is 0.470. The number of nitrogens with zero attached hydrogens (tertiary/aromatic N) is 2. The Kier molecular flexibility index (Phi) is 7.99. The number of benzene rings is 2. The smallest absolute Gasteiger partial charge is 0.258 e. The molecule has 0 saturated carbocycles. The van der Waals surface area contributed by atoms with Gasteiger partial charge in [0.15, 0.2) is 11.5 Å². The van der Waals surface area contributed by atoms with Crippen molar-refractivity contribution in [3.63, 3.8) is 0 Å². The number of nitrogens with one attached hydrogen (secondary N) is 1. The number of carbonyl (C=O) groups excluding carboxylic acids is 2. The molecule has 2 aromatic rings. The minimum atomic E-state index is -1.41. The second kappa shape index (κ2) is 10.4. The molecule has 0 aliphatic carbocycles. The Morgan fingerprint density at radius 2 is 1.67 bits per heavy atom. The van der Waals surface area contributed by atoms with E-state index in [2.05, 4.69) is 15.5 Å². The zero-order valence-corrected chi connectivity index (χ0v) is 17.9. The summed E-state index contributed by atoms with van der Waals surface area (Å²) in [4.78, 5) is 24.8. The maximum atomic E-state index is 12.8. The number of anilines is 1. The summed E-state index contributed by atoms with van der Waals surface area (Å²) < 4.78 is 20.8. The van der Waals surface area contributed by atoms with Gasteiger partial charge in [-0.05, 0) is 19.1 Å². The molecular formula is C20H22ClN3O6. The first-order valence-electron chi connectivity index (χ1n) is 8.70. The lowest BCUT2D eigenvalue weighted by molar-refractivity contribution is -0.126. The molecule has 0 saturated heterocycles. The minimum absolute atomic E-state index is 0.222. The van der Waals surface area contributed by atoms with Crippen LogP contribution in [0.2, 0.25) is 5.02 Å². The molecule has 160 valence electrons. The number of hydrogen-bond acceptors (Lipinski definition) is 8. The highest BCUT2D eigenvalue weighted by molar-refractivity contribution is 6.33. The van der Waals surface area contributed by atoms with Crippen molar-refractivity contribution in [2.45, 2.75) is 13.0 Å². The second-order valence-corrected chi connectivity index (χ2v) is 6.35. The third-order valence-corrected chi connectivity index (χ3v) is 4.30. The predicted octanol–water partition coefficient (Wildman–Crippen LogP) is 4.05. The first kappa shape index (κ1) is 23.0. The molecule has 0 aliphatic rings. The highest BCUT2D eigenvalue weighted by Crippen LogP contribution is 2.37. The van der Waals surface area contributed by atoms with Crippen molar-refractivity contribution in [3.8, 4) is 23.0 Å². The average molecular weight is 436 g/mol. The number of amides is 1. The number of methoxy groups -OCH3 is 4. The number of rotatable bonds is 9. The van der Waals surface area contributed by atoms with Crippen LogP contribution in [-0.4, -0.2) is 46.2 Å². The first-order valence-corrected chi connectivity index (χ1v) is 9.08. The van der Waals surface area contributed by atoms with Crippen molar-refractivity contribution in [3.05, 3.63) is 35.4 Å². The van der Waals surface area contributed by atoms with E-state index in [4.69, 9.17) is 30.5 Å². The maximum absolute atomic E-state index is 12.8. The summed E-state index contributed by atoms with van der Waals surface area (Å²) in [6.45, 7) is 1.24. The molecule has 0 bridgehead atoms. The number of carbonyl (C=O) groups is 2. The fourth-order valence-electron chi connectivity index (χ4n) is 2.50. The van der Waals surface area contributed by atoms with Gasteiger partial charge in [0.1, 0.15) is 22.9 Å². The van der Waals surface area contributed by atoms with Gasteiger partial charge in [-0.1, -0.05) is 11.6 Å². The molecule has 1 unspecified atom stereocenters. The molecule has 1 N–H and O–H groups in total. The van der Waals surface area contributed by atoms with Crippen LogP contribution in [0, 0.1) is 0 Å². The van der Waals surface area contributed by atoms with Gasteiger partial charge >= 0.3 is 0 Å². The molecule has 0 spiro atoms. The van der Waals surface area contributed by atoms with Crippen LogP contribution in [-0.2, 0) is 9.59 Å². The van der Waals surface area contributed by atoms with Gasteiger partial charge in [0.25, 0.3) is 5.91 Å². The van der Waals surface area contributed by atoms with Gasteiger partial charge in [0, 0.05) is 18.2 Å². The van der Waals surface area contributed by atoms with Gasteiger partial charge in [0.2, 0.25) is 6.04 Å². The highest BCUT2D eigenvalue weighted by Gasteiger charge is 2.25. The standard InChI is InChI=1S/C20H22ClN3O6/c1-11(25)18(24-23-15-9-12(27-2)6-7-17(15)29-4)20(26)22-16-10-13(28-3)8-14(21)19(16)30-5/h6-10,18H,1-5H3,(H,22,26). The van der Waals surface area contributed by atoms with E-state index in [9.17, 15) is 9.59 Å². The molecule has 1 amide bonds. The van der Waals surface area contributed by atoms with Crippen LogP contribution in [0.4, 0.5) is 11.4 Å². The number of hydrogen-bond donors (Lipinski definition) is 1. The van der Waals surface area contributed by atoms with Gasteiger partial charge in [0.05, 0.1) is 39.1 Å². The van der Waals surface area contributed by atoms with E-state index in [1.165, 1.54) is 47.5 Å². The predicted molar refractivity (Wildman–Crippen MR) is 112 cm³/mol. The first-order chi connectivity index (χ1) is 14.3. The fourth-order valence-corrected chi connectivity index (χ4v) is 2.79. The van der Waals surface area contributed by atoms with Crippen molar-refractivity contribution in [2.24, 2.45) is 10.2 Å². The van der Waals surface area contributed by atoms with Gasteiger partial charge in [-0.2, -0.15) is 10.2 Å². The Morgan fingerprint density at radius 3 is 2.23 bits per heavy atom. The van der Waals surface area contributed by atoms with Crippen molar-refractivity contribution >= 4 is 34.7 Å². The summed E-state index contributed by atoms with van der Waals surface area (Å²) in [5, 5.41) is 10.8. The Balaban J connectivity index is 2.34. The van der Waals surface area contributed by atoms with Crippen LogP contribution >= 0.6 is 11.6 Å². The van der Waals surface area contributed by atoms with E-state index >= 15 is 0 Å². The fraction of sp³-hybridized carbons (Fsp3) is 0.300. The van der Waals surface area contributed by atoms with E-state index in [1.54, 1.807) is 18.2 Å². The molecule has 9 nitrogen and oxygen atoms in total. The van der Waals surface area contributed by atoms with Crippen LogP contribution < -0.4 is 24.3 Å². The number of ketones is 1. The summed E-state index contributed by atoms with van der Waals surface area (Å²) in [5.74, 6) is 0.326. The van der Waals surface area contributed by atoms with E-state index < -0.39 is 17.7 Å². The Hall–Kier alpha value is -3.33. The maximum Gasteiger partial charge on any atom is 0.258 e.